The maximum atomic E-state index is 0. The summed E-state index contributed by atoms with van der Waals surface area (Å²) in [6, 6.07) is 0. The van der Waals surface area contributed by atoms with Gasteiger partial charge in [-0.2, -0.15) is 0 Å². The predicted octanol–water partition coefficient (Wildman–Crippen LogP) is -4.42. The molecule has 0 aliphatic heterocycles. The van der Waals surface area contributed by atoms with Crippen molar-refractivity contribution in [3.63, 3.8) is 0 Å². The third kappa shape index (κ3) is 162. The molecular formula is H18CaCl2MgO6. The van der Waals surface area contributed by atoms with E-state index in [4.69, 9.17) is 0 Å². The summed E-state index contributed by atoms with van der Waals surface area (Å²) < 4.78 is 0. The molecule has 0 unspecified atom stereocenters. The second-order valence-corrected chi connectivity index (χ2v) is 0. The van der Waals surface area contributed by atoms with Gasteiger partial charge in [0.1, 0.15) is 0 Å². The monoisotopic (exact) mass is 248 g/mol. The van der Waals surface area contributed by atoms with Crippen molar-refractivity contribution in [1.82, 2.24) is 0 Å². The zero-order valence-electron chi connectivity index (χ0n) is 9.23. The van der Waals surface area contributed by atoms with E-state index in [1.165, 1.54) is 0 Å². The van der Waals surface area contributed by atoms with Crippen LogP contribution in [0.2, 0.25) is 0 Å². The van der Waals surface area contributed by atoms with E-state index >= 15 is 0 Å². The zero-order chi connectivity index (χ0) is 0. The summed E-state index contributed by atoms with van der Waals surface area (Å²) >= 11 is 0. The van der Waals surface area contributed by atoms with Gasteiger partial charge in [-0.1, -0.05) is 0 Å². The van der Waals surface area contributed by atoms with Gasteiger partial charge < -0.3 is 38.6 Å². The maximum Gasteiger partial charge on any atom is 2.00 e. The van der Waals surface area contributed by atoms with Crippen molar-refractivity contribution in [2.75, 3.05) is 0 Å². The Morgan fingerprint density at radius 2 is 0.500 bits per heavy atom. The summed E-state index contributed by atoms with van der Waals surface area (Å²) in [4.78, 5) is 0. The van der Waals surface area contributed by atoms with Gasteiger partial charge in [0, 0.05) is 0 Å². The molecule has 0 aromatic heterocycles. The summed E-state index contributed by atoms with van der Waals surface area (Å²) in [6.45, 7) is 0. The van der Waals surface area contributed by atoms with Crippen LogP contribution in [0.4, 0.5) is 0 Å². The van der Waals surface area contributed by atoms with Gasteiger partial charge in [0.2, 0.25) is 0 Å². The van der Waals surface area contributed by atoms with Crippen molar-refractivity contribution in [3.8, 4) is 0 Å². The Kier molecular flexibility index (Phi) is 6230. The van der Waals surface area contributed by atoms with Gasteiger partial charge in [-0.3, -0.25) is 0 Å². The number of hydrogen-bond donors (Lipinski definition) is 0. The molecule has 0 spiro atoms. The van der Waals surface area contributed by atoms with Gasteiger partial charge in [0.05, 0.1) is 0 Å². The minimum Gasteiger partial charge on any atom is -1.00 e. The topological polar surface area (TPSA) is 189 Å². The third-order valence-electron chi connectivity index (χ3n) is 0. The first-order chi connectivity index (χ1) is 0. The van der Waals surface area contributed by atoms with Gasteiger partial charge in [0.25, 0.3) is 0 Å². The Bertz CT molecular complexity index is 27.8. The quantitative estimate of drug-likeness (QED) is 0.375. The first-order valence-electron chi connectivity index (χ1n) is 0. The molecule has 0 heterocycles. The van der Waals surface area contributed by atoms with Crippen molar-refractivity contribution in [2.24, 2.45) is 0 Å². The van der Waals surface area contributed by atoms with Crippen LogP contribution < -0.4 is 0 Å². The summed E-state index contributed by atoms with van der Waals surface area (Å²) in [5.41, 5.74) is 0. The maximum absolute atomic E-state index is 0. The Labute approximate surface area is 123 Å². The summed E-state index contributed by atoms with van der Waals surface area (Å²) in [7, 11) is 0. The van der Waals surface area contributed by atoms with E-state index in [9.17, 15) is 0 Å². The molecule has 6 nitrogen and oxygen atoms in total. The first-order valence-corrected chi connectivity index (χ1v) is 0. The van der Waals surface area contributed by atoms with Crippen LogP contribution in [0.5, 0.6) is 0 Å². The molecule has 0 saturated carbocycles. The third-order valence-corrected chi connectivity index (χ3v) is 0. The molecule has 0 aliphatic rings. The summed E-state index contributed by atoms with van der Waals surface area (Å²) in [6.07, 6.45) is 0. The Hall–Kier alpha value is 2.37. The van der Waals surface area contributed by atoms with Crippen molar-refractivity contribution >= 4 is 85.6 Å². The molecule has 0 aromatic rings. The minimum atomic E-state index is 0. The smallest absolute Gasteiger partial charge is 1.00 e. The zero-order valence-corrected chi connectivity index (χ0v) is 10.5. The average Bonchev–Trinajstić information content (AvgIpc) is 0. The fourth-order valence-electron chi connectivity index (χ4n) is 0. The Balaban J connectivity index is 0. The van der Waals surface area contributed by atoms with Crippen molar-refractivity contribution in [3.05, 3.63) is 0 Å². The molecular weight excluding hydrogens is 231 g/mol. The number of halogens is 2. The van der Waals surface area contributed by atoms with Gasteiger partial charge in [-0.05, 0) is 0 Å². The second-order valence-electron chi connectivity index (χ2n) is 0. The molecule has 72 valence electrons. The van der Waals surface area contributed by atoms with Crippen LogP contribution in [0.3, 0.4) is 0 Å². The summed E-state index contributed by atoms with van der Waals surface area (Å²) in [5.74, 6) is 0. The van der Waals surface area contributed by atoms with Crippen molar-refractivity contribution < 1.29 is 38.6 Å². The molecule has 12 N–H and O–H groups in total. The minimum absolute atomic E-state index is 0. The van der Waals surface area contributed by atoms with E-state index in [2.05, 4.69) is 0 Å². The molecule has 0 bridgehead atoms. The molecule has 0 aliphatic carbocycles. The molecule has 0 fully saturated rings. The fourth-order valence-corrected chi connectivity index (χ4v) is 0. The van der Waals surface area contributed by atoms with Crippen molar-refractivity contribution in [1.29, 1.82) is 0 Å². The van der Waals surface area contributed by atoms with Crippen LogP contribution in [-0.2, 0) is 0 Å². The largest absolute Gasteiger partial charge is 2.00 e. The van der Waals surface area contributed by atoms with E-state index in [-0.39, 0.29) is 124 Å². The van der Waals surface area contributed by atoms with Crippen molar-refractivity contribution in [2.45, 2.75) is 0 Å². The van der Waals surface area contributed by atoms with E-state index in [0.29, 0.717) is 0 Å². The molecule has 10 heavy (non-hydrogen) atoms. The van der Waals surface area contributed by atoms with Crippen LogP contribution in [0, 0.1) is 0 Å². The average molecular weight is 249 g/mol. The Morgan fingerprint density at radius 1 is 0.500 bits per heavy atom. The van der Waals surface area contributed by atoms with E-state index in [1.54, 1.807) is 0 Å². The normalized spacial score (nSPS) is 0. The molecule has 10 heteroatoms. The molecule has 0 radical (unpaired) electrons. The molecule has 0 atom stereocenters. The van der Waals surface area contributed by atoms with Crippen LogP contribution in [-0.4, -0.2) is 93.6 Å². The van der Waals surface area contributed by atoms with Gasteiger partial charge >= 0.3 is 60.8 Å². The van der Waals surface area contributed by atoms with Crippen LogP contribution in [0.1, 0.15) is 5.71 Å². The molecule has 0 amide bonds. The molecule has 0 saturated heterocycles. The van der Waals surface area contributed by atoms with E-state index in [1.807, 2.05) is 0 Å². The first kappa shape index (κ1) is 285. The van der Waals surface area contributed by atoms with Gasteiger partial charge in [-0.25, -0.2) is 0 Å². The van der Waals surface area contributed by atoms with Gasteiger partial charge in [-0.15, -0.1) is 24.8 Å². The Morgan fingerprint density at radius 3 is 0.500 bits per heavy atom. The SMILES string of the molecule is Cl.Cl.O.O.O.O.O.O.[Ca+2].[H-].[H-].[H-].[H-].[Mg+2]. The van der Waals surface area contributed by atoms with Gasteiger partial charge in [0.15, 0.2) is 0 Å². The molecule has 0 aromatic carbocycles. The number of rotatable bonds is 0. The van der Waals surface area contributed by atoms with E-state index < -0.39 is 0 Å². The standard InChI is InChI=1S/Ca.2ClH.Mg.6H2O.4H/h;2*1H;;6*1H2;;;;/q+2;;;+2;;;;;;;4*-1. The van der Waals surface area contributed by atoms with E-state index in [0.717, 1.165) is 0 Å². The predicted molar refractivity (Wildman–Crippen MR) is 52.1 cm³/mol. The fraction of sp³-hybridized carbons (Fsp3) is 0. The second kappa shape index (κ2) is 218. The van der Waals surface area contributed by atoms with Crippen LogP contribution >= 0.6 is 24.8 Å². The molecule has 0 rings (SSSR count). The van der Waals surface area contributed by atoms with Crippen LogP contribution in [0.25, 0.3) is 0 Å². The number of hydrogen-bond acceptors (Lipinski definition) is 0. The summed E-state index contributed by atoms with van der Waals surface area (Å²) in [5, 5.41) is 0. The van der Waals surface area contributed by atoms with Crippen LogP contribution in [0.15, 0.2) is 0 Å².